The number of unbranched alkanes of at least 4 members (excludes halogenated alkanes) is 17. The van der Waals surface area contributed by atoms with Crippen molar-refractivity contribution in [3.63, 3.8) is 0 Å². The van der Waals surface area contributed by atoms with E-state index in [0.29, 0.717) is 13.0 Å². The third-order valence-electron chi connectivity index (χ3n) is 11.5. The second-order valence-electron chi connectivity index (χ2n) is 17.6. The van der Waals surface area contributed by atoms with Crippen molar-refractivity contribution in [1.29, 1.82) is 0 Å². The van der Waals surface area contributed by atoms with Crippen molar-refractivity contribution in [2.45, 2.75) is 230 Å². The normalized spacial score (nSPS) is 22.0. The summed E-state index contributed by atoms with van der Waals surface area (Å²) in [5.74, 6) is -0.494. The Morgan fingerprint density at radius 2 is 0.881 bits per heavy atom. The number of carbonyl (C=O) groups excluding carboxylic acids is 1. The first kappa shape index (κ1) is 62.5. The average Bonchev–Trinajstić information content (AvgIpc) is 3.31. The molecule has 0 heterocycles. The molecule has 6 unspecified atom stereocenters. The molecule has 13 heteroatoms. The molecule has 6 atom stereocenters. The van der Waals surface area contributed by atoms with Gasteiger partial charge in [0, 0.05) is 13.0 Å². The molecule has 1 rings (SSSR count). The van der Waals surface area contributed by atoms with E-state index in [4.69, 9.17) is 18.5 Å². The zero-order valence-electron chi connectivity index (χ0n) is 41.4. The van der Waals surface area contributed by atoms with Gasteiger partial charge in [-0.1, -0.05) is 176 Å². The predicted molar refractivity (Wildman–Crippen MR) is 271 cm³/mol. The highest BCUT2D eigenvalue weighted by atomic mass is 31.2. The van der Waals surface area contributed by atoms with Crippen LogP contribution < -0.4 is 0 Å². The van der Waals surface area contributed by atoms with E-state index < -0.39 is 63.1 Å². The number of esters is 1. The van der Waals surface area contributed by atoms with Gasteiger partial charge in [-0.15, -0.1) is 0 Å². The quantitative estimate of drug-likeness (QED) is 0.0147. The predicted octanol–water partition coefficient (Wildman–Crippen LogP) is 11.7. The number of phosphoric ester groups is 1. The molecule has 1 fully saturated rings. The zero-order valence-corrected chi connectivity index (χ0v) is 42.3. The van der Waals surface area contributed by atoms with Crippen molar-refractivity contribution in [2.75, 3.05) is 19.8 Å². The molecule has 386 valence electrons. The number of rotatable bonds is 43. The number of carbonyl (C=O) groups is 1. The van der Waals surface area contributed by atoms with Gasteiger partial charge in [0.15, 0.2) is 0 Å². The minimum Gasteiger partial charge on any atom is -0.457 e. The van der Waals surface area contributed by atoms with Crippen LogP contribution >= 0.6 is 7.82 Å². The van der Waals surface area contributed by atoms with Crippen molar-refractivity contribution in [2.24, 2.45) is 0 Å². The fourth-order valence-electron chi connectivity index (χ4n) is 7.41. The fourth-order valence-corrected chi connectivity index (χ4v) is 8.38. The van der Waals surface area contributed by atoms with Gasteiger partial charge in [-0.3, -0.25) is 13.8 Å². The first-order valence-electron chi connectivity index (χ1n) is 25.9. The van der Waals surface area contributed by atoms with Gasteiger partial charge in [0.25, 0.3) is 0 Å². The van der Waals surface area contributed by atoms with Crippen molar-refractivity contribution in [1.82, 2.24) is 0 Å². The summed E-state index contributed by atoms with van der Waals surface area (Å²) in [4.78, 5) is 23.3. The summed E-state index contributed by atoms with van der Waals surface area (Å²) in [5.41, 5.74) is 0. The van der Waals surface area contributed by atoms with E-state index in [-0.39, 0.29) is 13.0 Å². The highest BCUT2D eigenvalue weighted by molar-refractivity contribution is 7.47. The van der Waals surface area contributed by atoms with Crippen molar-refractivity contribution in [3.8, 4) is 0 Å². The number of aliphatic hydroxyl groups is 5. The van der Waals surface area contributed by atoms with Crippen molar-refractivity contribution >= 4 is 13.8 Å². The van der Waals surface area contributed by atoms with Crippen LogP contribution in [0.2, 0.25) is 0 Å². The maximum absolute atomic E-state index is 12.9. The van der Waals surface area contributed by atoms with Crippen LogP contribution in [-0.2, 0) is 27.9 Å². The molecule has 0 saturated heterocycles. The van der Waals surface area contributed by atoms with E-state index in [1.165, 1.54) is 44.9 Å². The molecular formula is C54H93O12P. The Morgan fingerprint density at radius 3 is 1.34 bits per heavy atom. The van der Waals surface area contributed by atoms with Crippen LogP contribution in [-0.4, -0.2) is 98.9 Å². The smallest absolute Gasteiger partial charge is 0.457 e. The first-order chi connectivity index (χ1) is 32.5. The molecule has 1 aliphatic rings. The lowest BCUT2D eigenvalue weighted by Gasteiger charge is -2.41. The molecule has 67 heavy (non-hydrogen) atoms. The van der Waals surface area contributed by atoms with Crippen LogP contribution in [0, 0.1) is 0 Å². The van der Waals surface area contributed by atoms with Gasteiger partial charge >= 0.3 is 13.8 Å². The van der Waals surface area contributed by atoms with Crippen molar-refractivity contribution < 1.29 is 58.3 Å². The lowest BCUT2D eigenvalue weighted by Crippen LogP contribution is -2.64. The molecule has 6 N–H and O–H groups in total. The monoisotopic (exact) mass is 965 g/mol. The number of allylic oxidation sites excluding steroid dienone is 14. The molecule has 1 aliphatic carbocycles. The topological polar surface area (TPSA) is 192 Å². The van der Waals surface area contributed by atoms with Gasteiger partial charge in [-0.2, -0.15) is 0 Å². The Hall–Kier alpha value is -2.48. The third-order valence-corrected chi connectivity index (χ3v) is 12.5. The van der Waals surface area contributed by atoms with E-state index in [2.05, 4.69) is 98.9 Å². The number of ether oxygens (including phenoxy) is 2. The number of aliphatic hydroxyl groups excluding tert-OH is 5. The molecule has 0 spiro atoms. The molecule has 0 amide bonds. The highest BCUT2D eigenvalue weighted by Gasteiger charge is 2.51. The number of hydrogen-bond acceptors (Lipinski definition) is 11. The van der Waals surface area contributed by atoms with E-state index in [1.807, 2.05) is 0 Å². The summed E-state index contributed by atoms with van der Waals surface area (Å²) < 4.78 is 34.3. The molecular weight excluding hydrogens is 872 g/mol. The van der Waals surface area contributed by atoms with Crippen LogP contribution in [0.3, 0.4) is 0 Å². The summed E-state index contributed by atoms with van der Waals surface area (Å²) in [6.45, 7) is 4.09. The van der Waals surface area contributed by atoms with Gasteiger partial charge in [-0.25, -0.2) is 4.57 Å². The summed E-state index contributed by atoms with van der Waals surface area (Å²) >= 11 is 0. The van der Waals surface area contributed by atoms with Crippen LogP contribution in [0.4, 0.5) is 0 Å². The molecule has 0 bridgehead atoms. The molecule has 12 nitrogen and oxygen atoms in total. The molecule has 0 aliphatic heterocycles. The molecule has 0 aromatic carbocycles. The maximum atomic E-state index is 12.9. The van der Waals surface area contributed by atoms with E-state index >= 15 is 0 Å². The summed E-state index contributed by atoms with van der Waals surface area (Å²) in [6, 6.07) is 0. The van der Waals surface area contributed by atoms with Crippen LogP contribution in [0.25, 0.3) is 0 Å². The zero-order chi connectivity index (χ0) is 49.1. The lowest BCUT2D eigenvalue weighted by molar-refractivity contribution is -0.220. The standard InChI is InChI=1S/C54H93O12P/c1-3-5-7-9-11-13-15-17-19-21-23-24-25-26-28-30-32-34-36-38-40-42-44-63-45-47(46-64-67(61,62)66-54-52(59)50(57)49(56)51(58)53(54)60)65-48(55)43-41-39-37-35-33-31-29-27-22-20-18-16-14-12-10-8-6-4-2/h5,7,11,13-14,16-17,19-20,22-24,26,28,47,49-54,56-60H,3-4,6,8-10,12,15,18,21,25,27,29-46H2,1-2H3,(H,61,62)/b7-5-,13-11-,16-14-,19-17-,22-20-,24-23-,28-26-. The molecule has 0 radical (unpaired) electrons. The minimum absolute atomic E-state index is 0.0949. The molecule has 1 saturated carbocycles. The average molecular weight is 965 g/mol. The van der Waals surface area contributed by atoms with Crippen LogP contribution in [0.5, 0.6) is 0 Å². The van der Waals surface area contributed by atoms with E-state index in [0.717, 1.165) is 116 Å². The summed E-state index contributed by atoms with van der Waals surface area (Å²) in [7, 11) is -5.04. The number of hydrogen-bond donors (Lipinski definition) is 6. The van der Waals surface area contributed by atoms with E-state index in [9.17, 15) is 39.8 Å². The Labute approximate surface area is 405 Å². The SMILES string of the molecule is CC/C=C\C/C=C\C/C=C\C/C=C\C/C=C\CCCCCCCCOCC(COP(=O)(O)OC1C(O)C(O)C(O)C(O)C1O)OC(=O)CCCCCCCCC/C=C\C/C=C\CCCCCC. The third kappa shape index (κ3) is 35.3. The molecule has 0 aromatic heterocycles. The lowest BCUT2D eigenvalue weighted by atomic mass is 9.85. The largest absolute Gasteiger partial charge is 0.472 e. The van der Waals surface area contributed by atoms with E-state index in [1.54, 1.807) is 0 Å². The maximum Gasteiger partial charge on any atom is 0.472 e. The Balaban J connectivity index is 2.37. The van der Waals surface area contributed by atoms with Gasteiger partial charge in [-0.05, 0) is 89.9 Å². The first-order valence-corrected chi connectivity index (χ1v) is 27.4. The van der Waals surface area contributed by atoms with Crippen LogP contribution in [0.1, 0.15) is 187 Å². The Morgan fingerprint density at radius 1 is 0.493 bits per heavy atom. The second kappa shape index (κ2) is 43.5. The van der Waals surface area contributed by atoms with Crippen molar-refractivity contribution in [3.05, 3.63) is 85.1 Å². The van der Waals surface area contributed by atoms with Gasteiger partial charge < -0.3 is 39.9 Å². The minimum atomic E-state index is -5.04. The van der Waals surface area contributed by atoms with Gasteiger partial charge in [0.2, 0.25) is 0 Å². The summed E-state index contributed by atoms with van der Waals surface area (Å²) in [5, 5.41) is 50.3. The highest BCUT2D eigenvalue weighted by Crippen LogP contribution is 2.47. The summed E-state index contributed by atoms with van der Waals surface area (Å²) in [6.07, 6.45) is 46.4. The Kier molecular flexibility index (Phi) is 40.6. The van der Waals surface area contributed by atoms with Gasteiger partial charge in [0.05, 0.1) is 13.2 Å². The van der Waals surface area contributed by atoms with Gasteiger partial charge in [0.1, 0.15) is 42.7 Å². The second-order valence-corrected chi connectivity index (χ2v) is 19.0. The Bertz CT molecular complexity index is 1420. The molecule has 0 aromatic rings. The number of phosphoric acid groups is 1. The fraction of sp³-hybridized carbons (Fsp3) is 0.722. The van der Waals surface area contributed by atoms with Crippen LogP contribution in [0.15, 0.2) is 85.1 Å².